The summed E-state index contributed by atoms with van der Waals surface area (Å²) < 4.78 is 39.9. The van der Waals surface area contributed by atoms with Crippen molar-refractivity contribution in [2.45, 2.75) is 30.2 Å². The Bertz CT molecular complexity index is 611. The molecule has 8 heteroatoms. The summed E-state index contributed by atoms with van der Waals surface area (Å²) in [6.45, 7) is 2.03. The van der Waals surface area contributed by atoms with E-state index in [-0.39, 0.29) is 16.8 Å². The third kappa shape index (κ3) is 4.75. The first kappa shape index (κ1) is 16.9. The summed E-state index contributed by atoms with van der Waals surface area (Å²) in [7, 11) is -3.63. The van der Waals surface area contributed by atoms with E-state index in [1.165, 1.54) is 12.1 Å². The zero-order valence-corrected chi connectivity index (χ0v) is 13.0. The van der Waals surface area contributed by atoms with Crippen molar-refractivity contribution in [2.75, 3.05) is 19.6 Å². The van der Waals surface area contributed by atoms with Gasteiger partial charge in [-0.2, -0.15) is 0 Å². The highest BCUT2D eigenvalue weighted by atomic mass is 32.2. The first-order chi connectivity index (χ1) is 10.4. The summed E-state index contributed by atoms with van der Waals surface area (Å²) >= 11 is 0. The van der Waals surface area contributed by atoms with Gasteiger partial charge in [0, 0.05) is 19.0 Å². The van der Waals surface area contributed by atoms with Gasteiger partial charge in [0.2, 0.25) is 15.9 Å². The molecule has 0 saturated carbocycles. The molecule has 0 aromatic heterocycles. The molecular weight excluding hydrogens is 309 g/mol. The SMILES string of the molecule is NC(=O)CCN1CCC(NS(=O)(=O)c2ccc(F)cc2)CC1. The van der Waals surface area contributed by atoms with Gasteiger partial charge in [0.1, 0.15) is 5.82 Å². The number of rotatable bonds is 6. The number of halogens is 1. The van der Waals surface area contributed by atoms with Gasteiger partial charge in [0.25, 0.3) is 0 Å². The fourth-order valence-corrected chi connectivity index (χ4v) is 3.75. The maximum absolute atomic E-state index is 12.9. The number of likely N-dealkylation sites (tertiary alicyclic amines) is 1. The second kappa shape index (κ2) is 7.17. The lowest BCUT2D eigenvalue weighted by Crippen LogP contribution is -2.45. The number of piperidine rings is 1. The number of sulfonamides is 1. The zero-order chi connectivity index (χ0) is 16.2. The van der Waals surface area contributed by atoms with E-state index >= 15 is 0 Å². The Morgan fingerprint density at radius 2 is 1.86 bits per heavy atom. The molecule has 0 aliphatic carbocycles. The van der Waals surface area contributed by atoms with Crippen LogP contribution in [0.1, 0.15) is 19.3 Å². The minimum atomic E-state index is -3.63. The quantitative estimate of drug-likeness (QED) is 0.792. The highest BCUT2D eigenvalue weighted by Gasteiger charge is 2.24. The molecule has 1 saturated heterocycles. The van der Waals surface area contributed by atoms with Crippen molar-refractivity contribution in [2.24, 2.45) is 5.73 Å². The van der Waals surface area contributed by atoms with Gasteiger partial charge in [-0.1, -0.05) is 0 Å². The van der Waals surface area contributed by atoms with Crippen molar-refractivity contribution in [1.82, 2.24) is 9.62 Å². The monoisotopic (exact) mass is 329 g/mol. The lowest BCUT2D eigenvalue weighted by atomic mass is 10.1. The lowest BCUT2D eigenvalue weighted by Gasteiger charge is -2.31. The number of nitrogens with one attached hydrogen (secondary N) is 1. The van der Waals surface area contributed by atoms with Crippen molar-refractivity contribution >= 4 is 15.9 Å². The van der Waals surface area contributed by atoms with E-state index in [4.69, 9.17) is 5.73 Å². The molecule has 0 spiro atoms. The van der Waals surface area contributed by atoms with Crippen LogP contribution < -0.4 is 10.5 Å². The van der Waals surface area contributed by atoms with E-state index in [2.05, 4.69) is 9.62 Å². The van der Waals surface area contributed by atoms with E-state index in [0.29, 0.717) is 38.9 Å². The minimum Gasteiger partial charge on any atom is -0.370 e. The summed E-state index contributed by atoms with van der Waals surface area (Å²) in [5, 5.41) is 0. The lowest BCUT2D eigenvalue weighted by molar-refractivity contribution is -0.118. The normalized spacial score (nSPS) is 17.5. The van der Waals surface area contributed by atoms with Crippen LogP contribution in [-0.4, -0.2) is 44.9 Å². The molecule has 1 aliphatic rings. The van der Waals surface area contributed by atoms with Crippen LogP contribution in [0.15, 0.2) is 29.2 Å². The summed E-state index contributed by atoms with van der Waals surface area (Å²) in [5.74, 6) is -0.805. The van der Waals surface area contributed by atoms with Crippen LogP contribution in [0.3, 0.4) is 0 Å². The first-order valence-corrected chi connectivity index (χ1v) is 8.64. The molecule has 3 N–H and O–H groups in total. The van der Waals surface area contributed by atoms with Crippen LogP contribution in [0.5, 0.6) is 0 Å². The number of carbonyl (C=O) groups is 1. The third-order valence-electron chi connectivity index (χ3n) is 3.71. The molecule has 0 radical (unpaired) electrons. The van der Waals surface area contributed by atoms with Crippen LogP contribution in [-0.2, 0) is 14.8 Å². The average molecular weight is 329 g/mol. The van der Waals surface area contributed by atoms with Gasteiger partial charge < -0.3 is 10.6 Å². The van der Waals surface area contributed by atoms with Crippen LogP contribution in [0.25, 0.3) is 0 Å². The Balaban J connectivity index is 1.87. The highest BCUT2D eigenvalue weighted by molar-refractivity contribution is 7.89. The number of nitrogens with two attached hydrogens (primary N) is 1. The van der Waals surface area contributed by atoms with Gasteiger partial charge in [0.05, 0.1) is 4.90 Å². The molecule has 1 aromatic rings. The Morgan fingerprint density at radius 1 is 1.27 bits per heavy atom. The van der Waals surface area contributed by atoms with Gasteiger partial charge in [-0.25, -0.2) is 17.5 Å². The van der Waals surface area contributed by atoms with Crippen LogP contribution >= 0.6 is 0 Å². The second-order valence-electron chi connectivity index (χ2n) is 5.41. The van der Waals surface area contributed by atoms with E-state index in [9.17, 15) is 17.6 Å². The Hall–Kier alpha value is -1.51. The molecule has 1 heterocycles. The fraction of sp³-hybridized carbons (Fsp3) is 0.500. The van der Waals surface area contributed by atoms with Gasteiger partial charge in [-0.3, -0.25) is 4.79 Å². The fourth-order valence-electron chi connectivity index (χ4n) is 2.44. The Morgan fingerprint density at radius 3 is 2.41 bits per heavy atom. The third-order valence-corrected chi connectivity index (χ3v) is 5.24. The number of nitrogens with zero attached hydrogens (tertiary/aromatic N) is 1. The molecule has 22 heavy (non-hydrogen) atoms. The molecule has 0 bridgehead atoms. The van der Waals surface area contributed by atoms with Crippen molar-refractivity contribution in [1.29, 1.82) is 0 Å². The van der Waals surface area contributed by atoms with Crippen molar-refractivity contribution in [3.05, 3.63) is 30.1 Å². The van der Waals surface area contributed by atoms with Crippen LogP contribution in [0, 0.1) is 5.82 Å². The Labute approximate surface area is 129 Å². The summed E-state index contributed by atoms with van der Waals surface area (Å²) in [5.41, 5.74) is 5.11. The number of primary amides is 1. The molecule has 122 valence electrons. The van der Waals surface area contributed by atoms with Crippen molar-refractivity contribution in [3.8, 4) is 0 Å². The standard InChI is InChI=1S/C14H20FN3O3S/c15-11-1-3-13(4-2-11)22(20,21)17-12-5-8-18(9-6-12)10-7-14(16)19/h1-4,12,17H,5-10H2,(H2,16,19). The average Bonchev–Trinajstić information content (AvgIpc) is 2.46. The summed E-state index contributed by atoms with van der Waals surface area (Å²) in [4.78, 5) is 12.9. The number of carbonyl (C=O) groups excluding carboxylic acids is 1. The first-order valence-electron chi connectivity index (χ1n) is 7.15. The molecule has 1 aliphatic heterocycles. The molecule has 0 atom stereocenters. The van der Waals surface area contributed by atoms with Gasteiger partial charge >= 0.3 is 0 Å². The van der Waals surface area contributed by atoms with Gasteiger partial charge in [0.15, 0.2) is 0 Å². The van der Waals surface area contributed by atoms with Crippen LogP contribution in [0.4, 0.5) is 4.39 Å². The van der Waals surface area contributed by atoms with E-state index in [1.54, 1.807) is 0 Å². The number of hydrogen-bond acceptors (Lipinski definition) is 4. The molecule has 6 nitrogen and oxygen atoms in total. The largest absolute Gasteiger partial charge is 0.370 e. The highest BCUT2D eigenvalue weighted by Crippen LogP contribution is 2.15. The van der Waals surface area contributed by atoms with E-state index in [0.717, 1.165) is 12.1 Å². The minimum absolute atomic E-state index is 0.0602. The predicted molar refractivity (Wildman–Crippen MR) is 80.0 cm³/mol. The topological polar surface area (TPSA) is 92.5 Å². The molecule has 1 amide bonds. The molecule has 1 fully saturated rings. The molecule has 0 unspecified atom stereocenters. The summed E-state index contributed by atoms with van der Waals surface area (Å²) in [6, 6.07) is 4.60. The van der Waals surface area contributed by atoms with Crippen molar-refractivity contribution < 1.29 is 17.6 Å². The summed E-state index contributed by atoms with van der Waals surface area (Å²) in [6.07, 6.45) is 1.64. The Kier molecular flexibility index (Phi) is 5.49. The van der Waals surface area contributed by atoms with Crippen LogP contribution in [0.2, 0.25) is 0 Å². The zero-order valence-electron chi connectivity index (χ0n) is 12.2. The van der Waals surface area contributed by atoms with Crippen molar-refractivity contribution in [3.63, 3.8) is 0 Å². The maximum Gasteiger partial charge on any atom is 0.240 e. The molecule has 1 aromatic carbocycles. The predicted octanol–water partition coefficient (Wildman–Crippen LogP) is 0.444. The van der Waals surface area contributed by atoms with Gasteiger partial charge in [-0.05, 0) is 50.2 Å². The maximum atomic E-state index is 12.9. The number of benzene rings is 1. The van der Waals surface area contributed by atoms with E-state index < -0.39 is 15.8 Å². The second-order valence-corrected chi connectivity index (χ2v) is 7.12. The number of hydrogen-bond donors (Lipinski definition) is 2. The van der Waals surface area contributed by atoms with Gasteiger partial charge in [-0.15, -0.1) is 0 Å². The van der Waals surface area contributed by atoms with E-state index in [1.807, 2.05) is 0 Å². The smallest absolute Gasteiger partial charge is 0.240 e. The molecular formula is C14H20FN3O3S. The molecule has 2 rings (SSSR count). The number of amides is 1.